The Labute approximate surface area is 250 Å². The minimum atomic E-state index is -3.68. The zero-order valence-electron chi connectivity index (χ0n) is 25.7. The predicted molar refractivity (Wildman–Crippen MR) is 162 cm³/mol. The summed E-state index contributed by atoms with van der Waals surface area (Å²) in [4.78, 5) is 29.8. The molecule has 0 bridgehead atoms. The molecule has 11 heteroatoms. The Balaban J connectivity index is 1.87. The number of nitrogens with zero attached hydrogens (tertiary/aromatic N) is 2. The number of rotatable bonds is 6. The largest absolute Gasteiger partial charge is 0.457 e. The molecule has 3 rings (SSSR count). The maximum Gasteiger partial charge on any atom is 0.410 e. The van der Waals surface area contributed by atoms with Crippen LogP contribution in [0, 0.1) is 11.8 Å². The van der Waals surface area contributed by atoms with Gasteiger partial charge in [0.05, 0.1) is 17.4 Å². The second-order valence-electron chi connectivity index (χ2n) is 11.9. The van der Waals surface area contributed by atoms with Crippen LogP contribution in [0.1, 0.15) is 59.4 Å². The van der Waals surface area contributed by atoms with Crippen molar-refractivity contribution in [2.45, 2.75) is 83.1 Å². The zero-order chi connectivity index (χ0) is 31.0. The smallest absolute Gasteiger partial charge is 0.410 e. The quantitative estimate of drug-likeness (QED) is 0.371. The third-order valence-corrected chi connectivity index (χ3v) is 9.32. The Hall–Kier alpha value is -2.73. The molecule has 0 unspecified atom stereocenters. The fourth-order valence-electron chi connectivity index (χ4n) is 5.12. The highest BCUT2D eigenvalue weighted by molar-refractivity contribution is 7.89. The molecule has 42 heavy (non-hydrogen) atoms. The molecule has 5 atom stereocenters. The summed E-state index contributed by atoms with van der Waals surface area (Å²) in [6.07, 6.45) is 3.92. The van der Waals surface area contributed by atoms with Gasteiger partial charge in [-0.1, -0.05) is 38.1 Å². The van der Waals surface area contributed by atoms with Gasteiger partial charge in [-0.25, -0.2) is 17.9 Å². The van der Waals surface area contributed by atoms with Crippen LogP contribution in [0.25, 0.3) is 6.08 Å². The maximum absolute atomic E-state index is 13.0. The number of cyclic esters (lactones) is 1. The van der Waals surface area contributed by atoms with Gasteiger partial charge in [-0.15, -0.1) is 0 Å². The monoisotopic (exact) mass is 605 g/mol. The lowest BCUT2D eigenvalue weighted by Crippen LogP contribution is -2.48. The van der Waals surface area contributed by atoms with Crippen molar-refractivity contribution < 1.29 is 32.6 Å². The molecule has 0 aliphatic carbocycles. The maximum atomic E-state index is 13.0. The number of hydrogen-bond donors (Lipinski definition) is 2. The van der Waals surface area contributed by atoms with E-state index in [4.69, 9.17) is 9.47 Å². The highest BCUT2D eigenvalue weighted by atomic mass is 32.2. The SMILES string of the molecule is C/C(=C\c1cccc(S(=O)(=O)NC(C)C)c1)[C@H]1OC(=O)C[C@@H](O)CC[C@@H](C)[C@H](OC(=O)N2CCN(C)CC2)/C=C/[C@@H]1C. The second kappa shape index (κ2) is 15.1. The molecule has 1 aromatic carbocycles. The molecule has 10 nitrogen and oxygen atoms in total. The minimum Gasteiger partial charge on any atom is -0.457 e. The molecule has 0 aromatic heterocycles. The Morgan fingerprint density at radius 3 is 2.50 bits per heavy atom. The molecule has 234 valence electrons. The van der Waals surface area contributed by atoms with E-state index in [0.717, 1.165) is 13.1 Å². The van der Waals surface area contributed by atoms with Crippen LogP contribution in [0.3, 0.4) is 0 Å². The summed E-state index contributed by atoms with van der Waals surface area (Å²) in [5.41, 5.74) is 1.35. The lowest BCUT2D eigenvalue weighted by atomic mass is 9.91. The fraction of sp³-hybridized carbons (Fsp3) is 0.613. The predicted octanol–water partition coefficient (Wildman–Crippen LogP) is 3.81. The fourth-order valence-corrected chi connectivity index (χ4v) is 6.43. The van der Waals surface area contributed by atoms with E-state index < -0.39 is 34.3 Å². The van der Waals surface area contributed by atoms with Crippen LogP contribution in [-0.2, 0) is 24.3 Å². The summed E-state index contributed by atoms with van der Waals surface area (Å²) >= 11 is 0. The molecule has 2 aliphatic heterocycles. The van der Waals surface area contributed by atoms with E-state index in [0.29, 0.717) is 37.1 Å². The van der Waals surface area contributed by atoms with E-state index in [1.807, 2.05) is 40.0 Å². The number of nitrogens with one attached hydrogen (secondary N) is 1. The van der Waals surface area contributed by atoms with Gasteiger partial charge in [0, 0.05) is 38.1 Å². The zero-order valence-corrected chi connectivity index (χ0v) is 26.5. The number of likely N-dealkylation sites (N-methyl/N-ethyl adjacent to an activating group) is 1. The summed E-state index contributed by atoms with van der Waals surface area (Å²) in [5, 5.41) is 10.6. The number of hydrogen-bond acceptors (Lipinski definition) is 8. The average Bonchev–Trinajstić information content (AvgIpc) is 2.91. The number of esters is 1. The van der Waals surface area contributed by atoms with Crippen molar-refractivity contribution in [3.63, 3.8) is 0 Å². The number of benzene rings is 1. The third-order valence-electron chi connectivity index (χ3n) is 7.66. The van der Waals surface area contributed by atoms with Crippen LogP contribution in [-0.4, -0.2) is 93.0 Å². The number of amides is 1. The number of aliphatic hydroxyl groups excluding tert-OH is 1. The number of sulfonamides is 1. The van der Waals surface area contributed by atoms with Gasteiger partial charge in [-0.05, 0) is 75.9 Å². The van der Waals surface area contributed by atoms with Crippen molar-refractivity contribution >= 4 is 28.2 Å². The Morgan fingerprint density at radius 1 is 1.14 bits per heavy atom. The topological polar surface area (TPSA) is 125 Å². The molecule has 0 radical (unpaired) electrons. The minimum absolute atomic E-state index is 0.0748. The van der Waals surface area contributed by atoms with Gasteiger partial charge >= 0.3 is 12.1 Å². The molecule has 1 amide bonds. The van der Waals surface area contributed by atoms with Crippen molar-refractivity contribution in [1.29, 1.82) is 0 Å². The van der Waals surface area contributed by atoms with Crippen molar-refractivity contribution in [1.82, 2.24) is 14.5 Å². The van der Waals surface area contributed by atoms with Crippen molar-refractivity contribution in [2.75, 3.05) is 33.2 Å². The number of ether oxygens (including phenoxy) is 2. The summed E-state index contributed by atoms with van der Waals surface area (Å²) in [7, 11) is -1.66. The van der Waals surface area contributed by atoms with Crippen LogP contribution in [0.5, 0.6) is 0 Å². The van der Waals surface area contributed by atoms with Crippen LogP contribution in [0.15, 0.2) is 46.9 Å². The van der Waals surface area contributed by atoms with Gasteiger partial charge in [0.2, 0.25) is 10.0 Å². The van der Waals surface area contributed by atoms with E-state index in [1.165, 1.54) is 6.07 Å². The van der Waals surface area contributed by atoms with E-state index in [-0.39, 0.29) is 35.3 Å². The molecule has 1 fully saturated rings. The first-order valence-electron chi connectivity index (χ1n) is 14.8. The number of aliphatic hydroxyl groups is 1. The van der Waals surface area contributed by atoms with Gasteiger partial charge in [0.1, 0.15) is 12.2 Å². The Bertz CT molecular complexity index is 1240. The third kappa shape index (κ3) is 9.93. The highest BCUT2D eigenvalue weighted by Crippen LogP contribution is 2.26. The second-order valence-corrected chi connectivity index (χ2v) is 13.7. The number of piperazine rings is 1. The van der Waals surface area contributed by atoms with Crippen LogP contribution in [0.4, 0.5) is 4.79 Å². The molecule has 2 N–H and O–H groups in total. The van der Waals surface area contributed by atoms with Crippen molar-refractivity contribution in [3.05, 3.63) is 47.6 Å². The van der Waals surface area contributed by atoms with Gasteiger partial charge in [-0.3, -0.25) is 4.79 Å². The van der Waals surface area contributed by atoms with Gasteiger partial charge in [0.15, 0.2) is 0 Å². The average molecular weight is 606 g/mol. The first-order chi connectivity index (χ1) is 19.7. The summed E-state index contributed by atoms with van der Waals surface area (Å²) in [6, 6.07) is 6.31. The summed E-state index contributed by atoms with van der Waals surface area (Å²) in [6.45, 7) is 12.0. The van der Waals surface area contributed by atoms with E-state index in [1.54, 1.807) is 43.0 Å². The van der Waals surface area contributed by atoms with E-state index in [9.17, 15) is 23.1 Å². The van der Waals surface area contributed by atoms with Crippen LogP contribution < -0.4 is 4.72 Å². The van der Waals surface area contributed by atoms with E-state index in [2.05, 4.69) is 9.62 Å². The molecule has 0 spiro atoms. The first-order valence-corrected chi connectivity index (χ1v) is 16.2. The summed E-state index contributed by atoms with van der Waals surface area (Å²) in [5.74, 6) is -0.883. The van der Waals surface area contributed by atoms with Crippen LogP contribution >= 0.6 is 0 Å². The molecule has 2 aliphatic rings. The molecule has 1 saturated heterocycles. The number of carbonyl (C=O) groups is 2. The van der Waals surface area contributed by atoms with Crippen LogP contribution in [0.2, 0.25) is 0 Å². The van der Waals surface area contributed by atoms with Crippen molar-refractivity contribution in [3.8, 4) is 0 Å². The lowest BCUT2D eigenvalue weighted by Gasteiger charge is -2.33. The van der Waals surface area contributed by atoms with Gasteiger partial charge in [0.25, 0.3) is 0 Å². The molecular formula is C31H47N3O7S. The first kappa shape index (κ1) is 33.8. The van der Waals surface area contributed by atoms with Gasteiger partial charge in [-0.2, -0.15) is 0 Å². The highest BCUT2D eigenvalue weighted by Gasteiger charge is 2.29. The van der Waals surface area contributed by atoms with Gasteiger partial charge < -0.3 is 24.4 Å². The standard InChI is InChI=1S/C31H47N3O7S/c1-21(2)32-42(38,39)27-9-7-8-25(19-27)18-24(5)30-23(4)11-13-28(22(3)10-12-26(35)20-29(36)41-30)40-31(37)34-16-14-33(6)15-17-34/h7-9,11,13,18-19,21-23,26,28,30,32,35H,10,12,14-17,20H2,1-6H3/b13-11+,24-18+/t22-,23+,26+,28-,30+/m1/s1. The Kier molecular flexibility index (Phi) is 12.2. The number of carbonyl (C=O) groups excluding carboxylic acids is 2. The molecular weight excluding hydrogens is 558 g/mol. The summed E-state index contributed by atoms with van der Waals surface area (Å²) < 4.78 is 39.8. The lowest BCUT2D eigenvalue weighted by molar-refractivity contribution is -0.151. The molecule has 1 aromatic rings. The molecule has 2 heterocycles. The van der Waals surface area contributed by atoms with E-state index >= 15 is 0 Å². The molecule has 0 saturated carbocycles. The Morgan fingerprint density at radius 2 is 1.83 bits per heavy atom. The van der Waals surface area contributed by atoms with Crippen molar-refractivity contribution in [2.24, 2.45) is 11.8 Å². The normalized spacial score (nSPS) is 28.0.